The topological polar surface area (TPSA) is 106 Å². The second kappa shape index (κ2) is 7.23. The molecule has 1 aromatic heterocycles. The monoisotopic (exact) mass is 252 g/mol. The number of ether oxygens (including phenoxy) is 1. The van der Waals surface area contributed by atoms with Crippen molar-refractivity contribution in [2.24, 2.45) is 0 Å². The number of nitrogens with zero attached hydrogens (tertiary/aromatic N) is 1. The summed E-state index contributed by atoms with van der Waals surface area (Å²) in [6, 6.07) is 4.72. The van der Waals surface area contributed by atoms with Crippen LogP contribution >= 0.6 is 0 Å². The molecule has 0 spiro atoms. The van der Waals surface area contributed by atoms with E-state index >= 15 is 0 Å². The van der Waals surface area contributed by atoms with Crippen LogP contribution in [0.25, 0.3) is 0 Å². The fourth-order valence-electron chi connectivity index (χ4n) is 1.18. The van der Waals surface area contributed by atoms with Gasteiger partial charge in [0.05, 0.1) is 13.2 Å². The lowest BCUT2D eigenvalue weighted by molar-refractivity contribution is -0.120. The van der Waals surface area contributed by atoms with Gasteiger partial charge in [-0.05, 0) is 12.1 Å². The van der Waals surface area contributed by atoms with Gasteiger partial charge in [0.15, 0.2) is 0 Å². The van der Waals surface area contributed by atoms with Crippen LogP contribution in [0.2, 0.25) is 0 Å². The van der Waals surface area contributed by atoms with Crippen LogP contribution in [0.3, 0.4) is 0 Å². The minimum Gasteiger partial charge on any atom is -0.384 e. The van der Waals surface area contributed by atoms with Crippen molar-refractivity contribution >= 4 is 17.6 Å². The third-order valence-corrected chi connectivity index (χ3v) is 2.04. The fourth-order valence-corrected chi connectivity index (χ4v) is 1.18. The number of pyridine rings is 1. The summed E-state index contributed by atoms with van der Waals surface area (Å²) in [5, 5.41) is 5.02. The van der Waals surface area contributed by atoms with Crippen molar-refractivity contribution in [1.29, 1.82) is 0 Å². The molecular formula is C11H16N4O3. The molecule has 0 radical (unpaired) electrons. The molecule has 7 heteroatoms. The van der Waals surface area contributed by atoms with Gasteiger partial charge in [-0.25, -0.2) is 4.98 Å². The Kier molecular flexibility index (Phi) is 5.59. The second-order valence-electron chi connectivity index (χ2n) is 3.47. The Hall–Kier alpha value is -2.15. The van der Waals surface area contributed by atoms with E-state index in [2.05, 4.69) is 15.6 Å². The van der Waals surface area contributed by atoms with Gasteiger partial charge in [-0.3, -0.25) is 9.59 Å². The van der Waals surface area contributed by atoms with Gasteiger partial charge in [-0.1, -0.05) is 6.07 Å². The maximum Gasteiger partial charge on any atom is 0.270 e. The van der Waals surface area contributed by atoms with Gasteiger partial charge in [-0.15, -0.1) is 0 Å². The van der Waals surface area contributed by atoms with Gasteiger partial charge < -0.3 is 21.1 Å². The van der Waals surface area contributed by atoms with Crippen molar-refractivity contribution in [1.82, 2.24) is 15.6 Å². The van der Waals surface area contributed by atoms with E-state index in [1.54, 1.807) is 19.2 Å². The lowest BCUT2D eigenvalue weighted by Gasteiger charge is -2.06. The van der Waals surface area contributed by atoms with Crippen LogP contribution in [-0.4, -0.2) is 43.6 Å². The molecule has 0 unspecified atom stereocenters. The summed E-state index contributed by atoms with van der Waals surface area (Å²) >= 11 is 0. The summed E-state index contributed by atoms with van der Waals surface area (Å²) in [7, 11) is 1.54. The van der Waals surface area contributed by atoms with E-state index < -0.39 is 5.91 Å². The number of hydrogen-bond acceptors (Lipinski definition) is 5. The van der Waals surface area contributed by atoms with E-state index in [0.29, 0.717) is 13.2 Å². The Morgan fingerprint density at radius 2 is 2.17 bits per heavy atom. The number of carbonyl (C=O) groups is 2. The molecule has 4 N–H and O–H groups in total. The molecule has 0 aliphatic carbocycles. The SMILES string of the molecule is COCCNC(=O)CNC(=O)c1cccc(N)n1. The van der Waals surface area contributed by atoms with Crippen molar-refractivity contribution in [3.8, 4) is 0 Å². The van der Waals surface area contributed by atoms with E-state index in [0.717, 1.165) is 0 Å². The van der Waals surface area contributed by atoms with E-state index in [-0.39, 0.29) is 24.0 Å². The Bertz CT molecular complexity index is 423. The first-order chi connectivity index (χ1) is 8.63. The molecule has 18 heavy (non-hydrogen) atoms. The number of nitrogens with two attached hydrogens (primary N) is 1. The number of anilines is 1. The van der Waals surface area contributed by atoms with Crippen LogP contribution < -0.4 is 16.4 Å². The summed E-state index contributed by atoms with van der Waals surface area (Å²) in [5.41, 5.74) is 5.63. The number of aromatic nitrogens is 1. The van der Waals surface area contributed by atoms with Gasteiger partial charge >= 0.3 is 0 Å². The predicted octanol–water partition coefficient (Wildman–Crippen LogP) is -0.844. The Morgan fingerprint density at radius 1 is 1.39 bits per heavy atom. The molecular weight excluding hydrogens is 236 g/mol. The minimum absolute atomic E-state index is 0.112. The van der Waals surface area contributed by atoms with E-state index in [4.69, 9.17) is 10.5 Å². The molecule has 0 saturated heterocycles. The molecule has 0 aliphatic rings. The third-order valence-electron chi connectivity index (χ3n) is 2.04. The number of amides is 2. The predicted molar refractivity (Wildman–Crippen MR) is 65.9 cm³/mol. The van der Waals surface area contributed by atoms with Gasteiger partial charge in [0.2, 0.25) is 5.91 Å². The number of nitrogen functional groups attached to an aromatic ring is 1. The average molecular weight is 252 g/mol. The fraction of sp³-hybridized carbons (Fsp3) is 0.364. The lowest BCUT2D eigenvalue weighted by atomic mass is 10.3. The Labute approximate surface area is 105 Å². The van der Waals surface area contributed by atoms with E-state index in [1.807, 2.05) is 0 Å². The highest BCUT2D eigenvalue weighted by Crippen LogP contribution is 1.99. The van der Waals surface area contributed by atoms with Crippen LogP contribution in [0.1, 0.15) is 10.5 Å². The quantitative estimate of drug-likeness (QED) is 0.572. The second-order valence-corrected chi connectivity index (χ2v) is 3.47. The van der Waals surface area contributed by atoms with E-state index in [1.165, 1.54) is 6.07 Å². The van der Waals surface area contributed by atoms with Crippen molar-refractivity contribution in [3.63, 3.8) is 0 Å². The molecule has 0 saturated carbocycles. The minimum atomic E-state index is -0.441. The van der Waals surface area contributed by atoms with Crippen LogP contribution in [0.15, 0.2) is 18.2 Å². The number of rotatable bonds is 6. The van der Waals surface area contributed by atoms with Crippen LogP contribution in [0.4, 0.5) is 5.82 Å². The highest BCUT2D eigenvalue weighted by Gasteiger charge is 2.08. The molecule has 0 atom stereocenters. The Balaban J connectivity index is 2.35. The van der Waals surface area contributed by atoms with Gasteiger partial charge in [-0.2, -0.15) is 0 Å². The molecule has 98 valence electrons. The van der Waals surface area contributed by atoms with Gasteiger partial charge in [0.25, 0.3) is 5.91 Å². The first kappa shape index (κ1) is 13.9. The molecule has 0 fully saturated rings. The highest BCUT2D eigenvalue weighted by atomic mass is 16.5. The zero-order chi connectivity index (χ0) is 13.4. The summed E-state index contributed by atoms with van der Waals surface area (Å²) in [4.78, 5) is 26.7. The molecule has 0 aliphatic heterocycles. The molecule has 0 aromatic carbocycles. The van der Waals surface area contributed by atoms with Crippen molar-refractivity contribution in [2.75, 3.05) is 32.5 Å². The molecule has 1 rings (SSSR count). The zero-order valence-corrected chi connectivity index (χ0v) is 10.1. The molecule has 0 bridgehead atoms. The van der Waals surface area contributed by atoms with Crippen LogP contribution in [0.5, 0.6) is 0 Å². The third kappa shape index (κ3) is 4.79. The van der Waals surface area contributed by atoms with E-state index in [9.17, 15) is 9.59 Å². The van der Waals surface area contributed by atoms with Crippen molar-refractivity contribution < 1.29 is 14.3 Å². The molecule has 1 aromatic rings. The number of carbonyl (C=O) groups excluding carboxylic acids is 2. The number of hydrogen-bond donors (Lipinski definition) is 3. The highest BCUT2D eigenvalue weighted by molar-refractivity contribution is 5.95. The largest absolute Gasteiger partial charge is 0.384 e. The maximum atomic E-state index is 11.6. The van der Waals surface area contributed by atoms with Crippen LogP contribution in [-0.2, 0) is 9.53 Å². The standard InChI is InChI=1S/C11H16N4O3/c1-18-6-5-13-10(16)7-14-11(17)8-3-2-4-9(12)15-8/h2-4H,5-7H2,1H3,(H2,12,15)(H,13,16)(H,14,17). The first-order valence-electron chi connectivity index (χ1n) is 5.40. The zero-order valence-electron chi connectivity index (χ0n) is 10.1. The number of nitrogens with one attached hydrogen (secondary N) is 2. The van der Waals surface area contributed by atoms with Crippen molar-refractivity contribution in [3.05, 3.63) is 23.9 Å². The normalized spacial score (nSPS) is 9.83. The summed E-state index contributed by atoms with van der Waals surface area (Å²) < 4.78 is 4.77. The summed E-state index contributed by atoms with van der Waals surface area (Å²) in [6.07, 6.45) is 0. The lowest BCUT2D eigenvalue weighted by Crippen LogP contribution is -2.38. The maximum absolute atomic E-state index is 11.6. The van der Waals surface area contributed by atoms with Crippen LogP contribution in [0, 0.1) is 0 Å². The van der Waals surface area contributed by atoms with Gasteiger partial charge in [0, 0.05) is 13.7 Å². The Morgan fingerprint density at radius 3 is 2.83 bits per heavy atom. The average Bonchev–Trinajstić information content (AvgIpc) is 2.36. The molecule has 2 amide bonds. The molecule has 1 heterocycles. The van der Waals surface area contributed by atoms with Gasteiger partial charge in [0.1, 0.15) is 11.5 Å². The van der Waals surface area contributed by atoms with Crippen molar-refractivity contribution in [2.45, 2.75) is 0 Å². The first-order valence-corrected chi connectivity index (χ1v) is 5.40. The summed E-state index contributed by atoms with van der Waals surface area (Å²) in [5.74, 6) is -0.472. The smallest absolute Gasteiger partial charge is 0.270 e. The number of methoxy groups -OCH3 is 1. The molecule has 7 nitrogen and oxygen atoms in total. The summed E-state index contributed by atoms with van der Waals surface area (Å²) in [6.45, 7) is 0.719.